The van der Waals surface area contributed by atoms with Crippen molar-refractivity contribution in [2.75, 3.05) is 13.2 Å². The van der Waals surface area contributed by atoms with Gasteiger partial charge in [0.25, 0.3) is 0 Å². The first-order valence-corrected chi connectivity index (χ1v) is 9.81. The lowest BCUT2D eigenvalue weighted by Crippen LogP contribution is -2.35. The summed E-state index contributed by atoms with van der Waals surface area (Å²) < 4.78 is 11.3. The molecule has 0 unspecified atom stereocenters. The van der Waals surface area contributed by atoms with Crippen LogP contribution in [0.25, 0.3) is 10.9 Å². The highest BCUT2D eigenvalue weighted by molar-refractivity contribution is 6.10. The van der Waals surface area contributed by atoms with Crippen molar-refractivity contribution in [1.29, 1.82) is 0 Å². The van der Waals surface area contributed by atoms with Crippen molar-refractivity contribution < 1.29 is 14.3 Å². The molecule has 0 saturated heterocycles. The number of Topliss-reactive ketones (excluding diaryl/α,β-unsaturated/α-hetero) is 1. The summed E-state index contributed by atoms with van der Waals surface area (Å²) in [6, 6.07) is 13.4. The number of carbonyl (C=O) groups is 1. The van der Waals surface area contributed by atoms with Crippen LogP contribution in [0.15, 0.2) is 48.7 Å². The van der Waals surface area contributed by atoms with Crippen molar-refractivity contribution in [3.8, 4) is 11.5 Å². The first-order chi connectivity index (χ1) is 13.5. The predicted octanol–water partition coefficient (Wildman–Crippen LogP) is 4.89. The third-order valence-corrected chi connectivity index (χ3v) is 4.82. The molecular formula is C23H28N2O3. The normalized spacial score (nSPS) is 13.3. The Kier molecular flexibility index (Phi) is 6.37. The van der Waals surface area contributed by atoms with Gasteiger partial charge in [0.2, 0.25) is 0 Å². The number of aromatic amines is 1. The van der Waals surface area contributed by atoms with Gasteiger partial charge < -0.3 is 19.8 Å². The number of fused-ring (bicyclic) bond motifs is 1. The highest BCUT2D eigenvalue weighted by Gasteiger charge is 2.21. The summed E-state index contributed by atoms with van der Waals surface area (Å²) in [4.78, 5) is 16.1. The van der Waals surface area contributed by atoms with Gasteiger partial charge in [-0.05, 0) is 51.5 Å². The molecule has 2 atom stereocenters. The van der Waals surface area contributed by atoms with Crippen molar-refractivity contribution in [1.82, 2.24) is 10.3 Å². The molecule has 2 N–H and O–H groups in total. The Hall–Kier alpha value is -2.79. The highest BCUT2D eigenvalue weighted by Crippen LogP contribution is 2.31. The second-order valence-electron chi connectivity index (χ2n) is 6.79. The highest BCUT2D eigenvalue weighted by atomic mass is 16.5. The Bertz CT molecular complexity index is 948. The molecule has 1 heterocycles. The quantitative estimate of drug-likeness (QED) is 0.519. The van der Waals surface area contributed by atoms with Crippen molar-refractivity contribution in [3.05, 3.63) is 59.8 Å². The van der Waals surface area contributed by atoms with Crippen LogP contribution in [0.2, 0.25) is 0 Å². The fraction of sp³-hybridized carbons (Fsp3) is 0.348. The van der Waals surface area contributed by atoms with Crippen molar-refractivity contribution in [3.63, 3.8) is 0 Å². The number of benzene rings is 2. The Morgan fingerprint density at radius 2 is 1.75 bits per heavy atom. The lowest BCUT2D eigenvalue weighted by molar-refractivity contribution is 0.0947. The standard InChI is InChI=1S/C23H28N2O3/c1-5-27-21-12-11-17(13-22(21)28-6-2)15(3)25-16(4)23(26)19-14-24-20-10-8-7-9-18(19)20/h7-16,24-25H,5-6H2,1-4H3/t15-,16-/m1/s1. The average molecular weight is 380 g/mol. The number of ether oxygens (including phenoxy) is 2. The van der Waals surface area contributed by atoms with Crippen LogP contribution in [0.4, 0.5) is 0 Å². The number of hydrogen-bond donors (Lipinski definition) is 2. The van der Waals surface area contributed by atoms with Crippen LogP contribution in [0.5, 0.6) is 11.5 Å². The van der Waals surface area contributed by atoms with Crippen LogP contribution >= 0.6 is 0 Å². The second-order valence-corrected chi connectivity index (χ2v) is 6.79. The summed E-state index contributed by atoms with van der Waals surface area (Å²) in [5, 5.41) is 4.36. The first kappa shape index (κ1) is 20.0. The van der Waals surface area contributed by atoms with Gasteiger partial charge in [0.15, 0.2) is 17.3 Å². The topological polar surface area (TPSA) is 63.3 Å². The van der Waals surface area contributed by atoms with E-state index in [1.807, 2.05) is 70.2 Å². The minimum atomic E-state index is -0.323. The molecule has 0 saturated carbocycles. The summed E-state index contributed by atoms with van der Waals surface area (Å²) >= 11 is 0. The van der Waals surface area contributed by atoms with E-state index in [1.165, 1.54) is 0 Å². The molecule has 0 aliphatic carbocycles. The zero-order valence-electron chi connectivity index (χ0n) is 16.9. The predicted molar refractivity (Wildman–Crippen MR) is 112 cm³/mol. The van der Waals surface area contributed by atoms with Gasteiger partial charge in [0, 0.05) is 28.7 Å². The maximum atomic E-state index is 13.0. The van der Waals surface area contributed by atoms with Crippen molar-refractivity contribution in [2.24, 2.45) is 0 Å². The number of hydrogen-bond acceptors (Lipinski definition) is 4. The monoisotopic (exact) mass is 380 g/mol. The molecule has 5 nitrogen and oxygen atoms in total. The van der Waals surface area contributed by atoms with Crippen LogP contribution in [0.3, 0.4) is 0 Å². The lowest BCUT2D eigenvalue weighted by atomic mass is 10.0. The molecule has 0 bridgehead atoms. The molecule has 0 radical (unpaired) electrons. The van der Waals surface area contributed by atoms with E-state index in [1.54, 1.807) is 6.20 Å². The fourth-order valence-corrected chi connectivity index (χ4v) is 3.39. The van der Waals surface area contributed by atoms with Crippen LogP contribution in [0, 0.1) is 0 Å². The minimum Gasteiger partial charge on any atom is -0.490 e. The Morgan fingerprint density at radius 3 is 2.50 bits per heavy atom. The van der Waals surface area contributed by atoms with Gasteiger partial charge in [-0.1, -0.05) is 24.3 Å². The van der Waals surface area contributed by atoms with Crippen LogP contribution in [0.1, 0.15) is 49.7 Å². The molecule has 0 aliphatic heterocycles. The van der Waals surface area contributed by atoms with Crippen LogP contribution in [-0.2, 0) is 0 Å². The largest absolute Gasteiger partial charge is 0.490 e. The fourth-order valence-electron chi connectivity index (χ4n) is 3.39. The molecule has 3 rings (SSSR count). The molecule has 3 aromatic rings. The zero-order valence-corrected chi connectivity index (χ0v) is 16.9. The maximum absolute atomic E-state index is 13.0. The van der Waals surface area contributed by atoms with E-state index in [0.29, 0.717) is 18.8 Å². The number of para-hydroxylation sites is 1. The van der Waals surface area contributed by atoms with Gasteiger partial charge >= 0.3 is 0 Å². The molecule has 0 fully saturated rings. The number of aromatic nitrogens is 1. The number of carbonyl (C=O) groups excluding carboxylic acids is 1. The number of rotatable bonds is 9. The van der Waals surface area contributed by atoms with Gasteiger partial charge in [-0.25, -0.2) is 0 Å². The molecule has 0 spiro atoms. The van der Waals surface area contributed by atoms with Gasteiger partial charge in [0.05, 0.1) is 19.3 Å². The molecule has 148 valence electrons. The van der Waals surface area contributed by atoms with Crippen molar-refractivity contribution >= 4 is 16.7 Å². The zero-order chi connectivity index (χ0) is 20.1. The minimum absolute atomic E-state index is 0.0148. The third-order valence-electron chi connectivity index (χ3n) is 4.82. The smallest absolute Gasteiger partial charge is 0.181 e. The van der Waals surface area contributed by atoms with Gasteiger partial charge in [-0.2, -0.15) is 0 Å². The number of H-pyrrole nitrogens is 1. The first-order valence-electron chi connectivity index (χ1n) is 9.81. The summed E-state index contributed by atoms with van der Waals surface area (Å²) in [5.74, 6) is 1.54. The van der Waals surface area contributed by atoms with Gasteiger partial charge in [-0.15, -0.1) is 0 Å². The summed E-state index contributed by atoms with van der Waals surface area (Å²) in [6.45, 7) is 9.01. The molecule has 2 aromatic carbocycles. The van der Waals surface area contributed by atoms with E-state index >= 15 is 0 Å². The Labute approximate surface area is 166 Å². The second kappa shape index (κ2) is 8.93. The van der Waals surface area contributed by atoms with E-state index in [2.05, 4.69) is 10.3 Å². The van der Waals surface area contributed by atoms with E-state index in [-0.39, 0.29) is 17.9 Å². The summed E-state index contributed by atoms with van der Waals surface area (Å²) in [7, 11) is 0. The van der Waals surface area contributed by atoms with E-state index < -0.39 is 0 Å². The Morgan fingerprint density at radius 1 is 1.04 bits per heavy atom. The summed E-state index contributed by atoms with van der Waals surface area (Å²) in [5.41, 5.74) is 2.73. The van der Waals surface area contributed by atoms with Crippen molar-refractivity contribution in [2.45, 2.75) is 39.8 Å². The third kappa shape index (κ3) is 4.20. The molecule has 28 heavy (non-hydrogen) atoms. The molecular weight excluding hydrogens is 352 g/mol. The van der Waals surface area contributed by atoms with Crippen LogP contribution in [-0.4, -0.2) is 30.0 Å². The van der Waals surface area contributed by atoms with E-state index in [9.17, 15) is 4.79 Å². The number of nitrogens with one attached hydrogen (secondary N) is 2. The maximum Gasteiger partial charge on any atom is 0.181 e. The van der Waals surface area contributed by atoms with E-state index in [4.69, 9.17) is 9.47 Å². The molecule has 1 aromatic heterocycles. The SMILES string of the molecule is CCOc1ccc([C@@H](C)N[C@H](C)C(=O)c2c[nH]c3ccccc23)cc1OCC. The van der Waals surface area contributed by atoms with Gasteiger partial charge in [0.1, 0.15) is 0 Å². The lowest BCUT2D eigenvalue weighted by Gasteiger charge is -2.21. The molecule has 0 amide bonds. The number of ketones is 1. The average Bonchev–Trinajstić information content (AvgIpc) is 3.13. The van der Waals surface area contributed by atoms with Crippen LogP contribution < -0.4 is 14.8 Å². The summed E-state index contributed by atoms with van der Waals surface area (Å²) in [6.07, 6.45) is 1.79. The molecule has 5 heteroatoms. The van der Waals surface area contributed by atoms with E-state index in [0.717, 1.165) is 28.0 Å². The van der Waals surface area contributed by atoms with Gasteiger partial charge in [-0.3, -0.25) is 4.79 Å². The Balaban J connectivity index is 1.75. The molecule has 0 aliphatic rings.